The van der Waals surface area contributed by atoms with Crippen LogP contribution in [0.15, 0.2) is 48.9 Å². The number of pyridine rings is 1. The van der Waals surface area contributed by atoms with Gasteiger partial charge in [0.15, 0.2) is 9.84 Å². The topological polar surface area (TPSA) is 71.8 Å². The number of carbonyl (C=O) groups excluding carboxylic acids is 1. The second-order valence-electron chi connectivity index (χ2n) is 6.59. The summed E-state index contributed by atoms with van der Waals surface area (Å²) < 4.78 is 25.0. The fourth-order valence-corrected chi connectivity index (χ4v) is 4.47. The van der Waals surface area contributed by atoms with E-state index in [4.69, 9.17) is 0 Å². The number of imidazole rings is 1. The van der Waals surface area contributed by atoms with Gasteiger partial charge in [0.1, 0.15) is 5.65 Å². The summed E-state index contributed by atoms with van der Waals surface area (Å²) >= 11 is 0. The summed E-state index contributed by atoms with van der Waals surface area (Å²) in [5.41, 5.74) is 4.66. The zero-order chi connectivity index (χ0) is 18.3. The van der Waals surface area contributed by atoms with E-state index in [1.165, 1.54) is 0 Å². The molecular weight excluding hydrogens is 350 g/mol. The lowest BCUT2D eigenvalue weighted by Gasteiger charge is -2.26. The molecule has 0 spiro atoms. The highest BCUT2D eigenvalue weighted by atomic mass is 32.2. The Balaban J connectivity index is 1.57. The number of carbonyl (C=O) groups is 1. The van der Waals surface area contributed by atoms with Crippen LogP contribution >= 0.6 is 0 Å². The van der Waals surface area contributed by atoms with Gasteiger partial charge in [-0.05, 0) is 41.8 Å². The standard InChI is InChI=1S/C19H19N3O3S/c1-14-12-17(13-22-7-6-20-18(14)22)15-2-4-16(5-3-15)19(23)21-8-10-26(24,25)11-9-21/h2-7,12-13H,8-11H2,1H3. The molecule has 26 heavy (non-hydrogen) atoms. The molecule has 0 bridgehead atoms. The Bertz CT molecular complexity index is 1070. The van der Waals surface area contributed by atoms with Crippen molar-refractivity contribution in [1.29, 1.82) is 0 Å². The van der Waals surface area contributed by atoms with Crippen molar-refractivity contribution in [2.45, 2.75) is 6.92 Å². The van der Waals surface area contributed by atoms with Crippen LogP contribution in [0.25, 0.3) is 16.8 Å². The first-order valence-electron chi connectivity index (χ1n) is 8.46. The lowest BCUT2D eigenvalue weighted by Crippen LogP contribution is -2.43. The van der Waals surface area contributed by atoms with Crippen molar-refractivity contribution in [1.82, 2.24) is 14.3 Å². The second-order valence-corrected chi connectivity index (χ2v) is 8.89. The van der Waals surface area contributed by atoms with Crippen LogP contribution in [0.2, 0.25) is 0 Å². The van der Waals surface area contributed by atoms with Crippen LogP contribution in [0, 0.1) is 6.92 Å². The highest BCUT2D eigenvalue weighted by Crippen LogP contribution is 2.23. The molecule has 3 aromatic rings. The quantitative estimate of drug-likeness (QED) is 0.694. The Morgan fingerprint density at radius 1 is 1.08 bits per heavy atom. The van der Waals surface area contributed by atoms with Crippen molar-refractivity contribution in [3.63, 3.8) is 0 Å². The summed E-state index contributed by atoms with van der Waals surface area (Å²) in [4.78, 5) is 18.5. The summed E-state index contributed by atoms with van der Waals surface area (Å²) in [5, 5.41) is 0. The van der Waals surface area contributed by atoms with Crippen molar-refractivity contribution in [2.75, 3.05) is 24.6 Å². The normalized spacial score (nSPS) is 16.7. The minimum Gasteiger partial charge on any atom is -0.337 e. The average molecular weight is 369 g/mol. The third kappa shape index (κ3) is 3.10. The number of hydrogen-bond acceptors (Lipinski definition) is 4. The van der Waals surface area contributed by atoms with Crippen molar-refractivity contribution < 1.29 is 13.2 Å². The summed E-state index contributed by atoms with van der Waals surface area (Å²) in [6.07, 6.45) is 5.70. The molecule has 1 fully saturated rings. The maximum atomic E-state index is 12.6. The van der Waals surface area contributed by atoms with E-state index in [-0.39, 0.29) is 30.5 Å². The van der Waals surface area contributed by atoms with Crippen LogP contribution in [0.4, 0.5) is 0 Å². The number of nitrogens with zero attached hydrogens (tertiary/aromatic N) is 3. The van der Waals surface area contributed by atoms with Crippen molar-refractivity contribution in [3.05, 3.63) is 60.0 Å². The molecule has 6 nitrogen and oxygen atoms in total. The monoisotopic (exact) mass is 369 g/mol. The predicted molar refractivity (Wildman–Crippen MR) is 99.9 cm³/mol. The summed E-state index contributed by atoms with van der Waals surface area (Å²) in [5.74, 6) is -0.0325. The molecule has 0 N–H and O–H groups in total. The minimum atomic E-state index is -2.99. The fourth-order valence-electron chi connectivity index (χ4n) is 3.27. The van der Waals surface area contributed by atoms with Crippen LogP contribution in [-0.2, 0) is 9.84 Å². The van der Waals surface area contributed by atoms with Crippen LogP contribution < -0.4 is 0 Å². The van der Waals surface area contributed by atoms with Gasteiger partial charge in [-0.15, -0.1) is 0 Å². The zero-order valence-corrected chi connectivity index (χ0v) is 15.2. The zero-order valence-electron chi connectivity index (χ0n) is 14.4. The number of benzene rings is 1. The molecule has 1 aliphatic heterocycles. The Morgan fingerprint density at radius 2 is 1.77 bits per heavy atom. The first kappa shape index (κ1) is 16.8. The Kier molecular flexibility index (Phi) is 4.03. The fraction of sp³-hybridized carbons (Fsp3) is 0.263. The van der Waals surface area contributed by atoms with E-state index in [2.05, 4.69) is 11.1 Å². The number of hydrogen-bond donors (Lipinski definition) is 0. The molecular formula is C19H19N3O3S. The average Bonchev–Trinajstić information content (AvgIpc) is 3.10. The molecule has 4 rings (SSSR count). The summed E-state index contributed by atoms with van der Waals surface area (Å²) in [6, 6.07) is 9.52. The molecule has 0 radical (unpaired) electrons. The van der Waals surface area contributed by atoms with Gasteiger partial charge in [0.25, 0.3) is 5.91 Å². The van der Waals surface area contributed by atoms with E-state index < -0.39 is 9.84 Å². The van der Waals surface area contributed by atoms with Gasteiger partial charge in [0.05, 0.1) is 11.5 Å². The number of fused-ring (bicyclic) bond motifs is 1. The Labute approximate surface area is 152 Å². The molecule has 1 aromatic carbocycles. The molecule has 0 saturated carbocycles. The molecule has 7 heteroatoms. The van der Waals surface area contributed by atoms with Gasteiger partial charge >= 0.3 is 0 Å². The minimum absolute atomic E-state index is 0.0427. The first-order valence-corrected chi connectivity index (χ1v) is 10.3. The van der Waals surface area contributed by atoms with E-state index >= 15 is 0 Å². The molecule has 0 aliphatic carbocycles. The van der Waals surface area contributed by atoms with E-state index in [9.17, 15) is 13.2 Å². The molecule has 0 atom stereocenters. The van der Waals surface area contributed by atoms with Crippen molar-refractivity contribution in [3.8, 4) is 11.1 Å². The second kappa shape index (κ2) is 6.25. The van der Waals surface area contributed by atoms with Crippen molar-refractivity contribution in [2.24, 2.45) is 0 Å². The lowest BCUT2D eigenvalue weighted by atomic mass is 10.0. The maximum absolute atomic E-state index is 12.6. The molecule has 1 saturated heterocycles. The number of aromatic nitrogens is 2. The highest BCUT2D eigenvalue weighted by Gasteiger charge is 2.25. The summed E-state index contributed by atoms with van der Waals surface area (Å²) in [6.45, 7) is 2.55. The number of aryl methyl sites for hydroxylation is 1. The molecule has 0 unspecified atom stereocenters. The SMILES string of the molecule is Cc1cc(-c2ccc(C(=O)N3CCS(=O)(=O)CC3)cc2)cn2ccnc12. The van der Waals surface area contributed by atoms with Gasteiger partial charge in [-0.2, -0.15) is 0 Å². The third-order valence-corrected chi connectivity index (χ3v) is 6.38. The predicted octanol–water partition coefficient (Wildman–Crippen LogP) is 2.18. The van der Waals surface area contributed by atoms with Gasteiger partial charge in [0.2, 0.25) is 0 Å². The van der Waals surface area contributed by atoms with Gasteiger partial charge < -0.3 is 9.30 Å². The van der Waals surface area contributed by atoms with Crippen molar-refractivity contribution >= 4 is 21.4 Å². The first-order chi connectivity index (χ1) is 12.4. The van der Waals surface area contributed by atoms with E-state index in [1.54, 1.807) is 23.2 Å². The van der Waals surface area contributed by atoms with E-state index in [1.807, 2.05) is 35.9 Å². The lowest BCUT2D eigenvalue weighted by molar-refractivity contribution is 0.0770. The Morgan fingerprint density at radius 3 is 2.46 bits per heavy atom. The maximum Gasteiger partial charge on any atom is 0.253 e. The smallest absolute Gasteiger partial charge is 0.253 e. The molecule has 2 aromatic heterocycles. The van der Waals surface area contributed by atoms with Gasteiger partial charge in [-0.25, -0.2) is 13.4 Å². The van der Waals surface area contributed by atoms with Crippen LogP contribution in [-0.4, -0.2) is 53.2 Å². The van der Waals surface area contributed by atoms with Crippen LogP contribution in [0.1, 0.15) is 15.9 Å². The number of sulfone groups is 1. The van der Waals surface area contributed by atoms with E-state index in [0.29, 0.717) is 5.56 Å². The Hall–Kier alpha value is -2.67. The number of rotatable bonds is 2. The molecule has 1 aliphatic rings. The van der Waals surface area contributed by atoms with Gasteiger partial charge in [0, 0.05) is 37.2 Å². The largest absolute Gasteiger partial charge is 0.337 e. The molecule has 1 amide bonds. The van der Waals surface area contributed by atoms with Gasteiger partial charge in [-0.3, -0.25) is 4.79 Å². The van der Waals surface area contributed by atoms with Gasteiger partial charge in [-0.1, -0.05) is 12.1 Å². The van der Waals surface area contributed by atoms with Crippen LogP contribution in [0.5, 0.6) is 0 Å². The highest BCUT2D eigenvalue weighted by molar-refractivity contribution is 7.91. The van der Waals surface area contributed by atoms with Crippen LogP contribution in [0.3, 0.4) is 0 Å². The molecule has 134 valence electrons. The van der Waals surface area contributed by atoms with E-state index in [0.717, 1.165) is 22.3 Å². The third-order valence-electron chi connectivity index (χ3n) is 4.77. The summed E-state index contributed by atoms with van der Waals surface area (Å²) in [7, 11) is -2.99. The number of amides is 1. The molecule has 3 heterocycles.